The first-order valence-corrected chi connectivity index (χ1v) is 7.66. The Hall–Kier alpha value is -2.99. The predicted molar refractivity (Wildman–Crippen MR) is 93.0 cm³/mol. The number of hydrogen-bond donors (Lipinski definition) is 0. The molecular formula is C19H19NO5. The second-order valence-electron chi connectivity index (χ2n) is 5.12. The van der Waals surface area contributed by atoms with Crippen molar-refractivity contribution in [1.82, 2.24) is 4.98 Å². The van der Waals surface area contributed by atoms with Crippen LogP contribution in [0.3, 0.4) is 0 Å². The van der Waals surface area contributed by atoms with Crippen molar-refractivity contribution in [2.45, 2.75) is 0 Å². The van der Waals surface area contributed by atoms with Gasteiger partial charge < -0.3 is 23.4 Å². The van der Waals surface area contributed by atoms with Gasteiger partial charge in [0.15, 0.2) is 24.1 Å². The van der Waals surface area contributed by atoms with Crippen LogP contribution < -0.4 is 14.2 Å². The van der Waals surface area contributed by atoms with Crippen LogP contribution in [0.1, 0.15) is 0 Å². The maximum absolute atomic E-state index is 5.95. The number of nitrogens with zero attached hydrogens (tertiary/aromatic N) is 1. The van der Waals surface area contributed by atoms with Gasteiger partial charge in [-0.2, -0.15) is 0 Å². The SMILES string of the molecule is COCOc1ccccc1-c1cnc(-c2cccc(OC)c2OC)o1. The van der Waals surface area contributed by atoms with Crippen LogP contribution in [0.5, 0.6) is 17.2 Å². The Morgan fingerprint density at radius 3 is 2.40 bits per heavy atom. The summed E-state index contributed by atoms with van der Waals surface area (Å²) in [7, 11) is 4.75. The van der Waals surface area contributed by atoms with Crippen LogP contribution in [-0.2, 0) is 4.74 Å². The van der Waals surface area contributed by atoms with E-state index in [0.717, 1.165) is 5.56 Å². The number of hydrogen-bond acceptors (Lipinski definition) is 6. The molecular weight excluding hydrogens is 322 g/mol. The Kier molecular flexibility index (Phi) is 5.20. The molecule has 130 valence electrons. The van der Waals surface area contributed by atoms with Crippen LogP contribution in [0.4, 0.5) is 0 Å². The van der Waals surface area contributed by atoms with E-state index in [2.05, 4.69) is 4.98 Å². The van der Waals surface area contributed by atoms with Crippen LogP contribution in [-0.4, -0.2) is 33.1 Å². The van der Waals surface area contributed by atoms with Crippen molar-refractivity contribution in [3.63, 3.8) is 0 Å². The van der Waals surface area contributed by atoms with E-state index in [-0.39, 0.29) is 6.79 Å². The van der Waals surface area contributed by atoms with Crippen LogP contribution in [0.15, 0.2) is 53.1 Å². The summed E-state index contributed by atoms with van der Waals surface area (Å²) in [5.41, 5.74) is 1.50. The van der Waals surface area contributed by atoms with Crippen LogP contribution >= 0.6 is 0 Å². The molecule has 0 bridgehead atoms. The number of methoxy groups -OCH3 is 3. The van der Waals surface area contributed by atoms with Crippen molar-refractivity contribution >= 4 is 0 Å². The second kappa shape index (κ2) is 7.72. The highest BCUT2D eigenvalue weighted by atomic mass is 16.7. The largest absolute Gasteiger partial charge is 0.493 e. The highest BCUT2D eigenvalue weighted by Gasteiger charge is 2.18. The fourth-order valence-electron chi connectivity index (χ4n) is 2.50. The fraction of sp³-hybridized carbons (Fsp3) is 0.211. The quantitative estimate of drug-likeness (QED) is 0.605. The lowest BCUT2D eigenvalue weighted by atomic mass is 10.1. The molecule has 6 nitrogen and oxygen atoms in total. The van der Waals surface area contributed by atoms with Gasteiger partial charge in [-0.1, -0.05) is 18.2 Å². The molecule has 2 aromatic carbocycles. The molecule has 0 amide bonds. The minimum Gasteiger partial charge on any atom is -0.493 e. The first-order chi connectivity index (χ1) is 12.3. The third kappa shape index (κ3) is 3.44. The maximum atomic E-state index is 5.95. The summed E-state index contributed by atoms with van der Waals surface area (Å²) in [6.07, 6.45) is 1.66. The molecule has 0 aliphatic rings. The van der Waals surface area contributed by atoms with E-state index in [1.165, 1.54) is 0 Å². The van der Waals surface area contributed by atoms with E-state index < -0.39 is 0 Å². The van der Waals surface area contributed by atoms with E-state index in [9.17, 15) is 0 Å². The molecule has 0 aliphatic heterocycles. The predicted octanol–water partition coefficient (Wildman–Crippen LogP) is 4.01. The van der Waals surface area contributed by atoms with Gasteiger partial charge in [0.1, 0.15) is 5.75 Å². The van der Waals surface area contributed by atoms with Crippen molar-refractivity contribution in [2.24, 2.45) is 0 Å². The van der Waals surface area contributed by atoms with Crippen molar-refractivity contribution in [3.05, 3.63) is 48.7 Å². The molecule has 3 aromatic rings. The molecule has 0 atom stereocenters. The minimum atomic E-state index is 0.154. The van der Waals surface area contributed by atoms with Gasteiger partial charge in [-0.05, 0) is 24.3 Å². The van der Waals surface area contributed by atoms with Crippen molar-refractivity contribution < 1.29 is 23.4 Å². The average molecular weight is 341 g/mol. The van der Waals surface area contributed by atoms with Gasteiger partial charge in [-0.25, -0.2) is 4.98 Å². The van der Waals surface area contributed by atoms with Crippen molar-refractivity contribution in [2.75, 3.05) is 28.1 Å². The smallest absolute Gasteiger partial charge is 0.230 e. The highest BCUT2D eigenvalue weighted by molar-refractivity contribution is 5.71. The molecule has 1 heterocycles. The summed E-state index contributed by atoms with van der Waals surface area (Å²) >= 11 is 0. The Balaban J connectivity index is 2.00. The molecule has 6 heteroatoms. The van der Waals surface area contributed by atoms with Crippen LogP contribution in [0.25, 0.3) is 22.8 Å². The van der Waals surface area contributed by atoms with Crippen molar-refractivity contribution in [1.29, 1.82) is 0 Å². The summed E-state index contributed by atoms with van der Waals surface area (Å²) in [6, 6.07) is 13.1. The molecule has 0 N–H and O–H groups in total. The van der Waals surface area contributed by atoms with E-state index in [4.69, 9.17) is 23.4 Å². The summed E-state index contributed by atoms with van der Waals surface area (Å²) in [5.74, 6) is 2.87. The third-order valence-corrected chi connectivity index (χ3v) is 3.62. The molecule has 1 aromatic heterocycles. The number of oxazole rings is 1. The third-order valence-electron chi connectivity index (χ3n) is 3.62. The van der Waals surface area contributed by atoms with Gasteiger partial charge >= 0.3 is 0 Å². The number of aromatic nitrogens is 1. The number of ether oxygens (including phenoxy) is 4. The zero-order valence-electron chi connectivity index (χ0n) is 14.3. The number of rotatable bonds is 7. The molecule has 0 aliphatic carbocycles. The molecule has 0 spiro atoms. The molecule has 3 rings (SSSR count). The molecule has 0 saturated heterocycles. The Morgan fingerprint density at radius 1 is 0.880 bits per heavy atom. The Bertz CT molecular complexity index is 843. The van der Waals surface area contributed by atoms with E-state index in [1.54, 1.807) is 27.5 Å². The second-order valence-corrected chi connectivity index (χ2v) is 5.12. The van der Waals surface area contributed by atoms with Gasteiger partial charge in [-0.15, -0.1) is 0 Å². The van der Waals surface area contributed by atoms with Gasteiger partial charge in [0.25, 0.3) is 0 Å². The Morgan fingerprint density at radius 2 is 1.64 bits per heavy atom. The van der Waals surface area contributed by atoms with Crippen LogP contribution in [0.2, 0.25) is 0 Å². The molecule has 0 unspecified atom stereocenters. The molecule has 0 fully saturated rings. The number of para-hydroxylation sites is 2. The average Bonchev–Trinajstić information content (AvgIpc) is 3.15. The van der Waals surface area contributed by atoms with E-state index >= 15 is 0 Å². The standard InChI is InChI=1S/C19H19NO5/c1-21-12-24-15-9-5-4-7-13(15)17-11-20-19(25-17)14-8-6-10-16(22-2)18(14)23-3/h4-11H,12H2,1-3H3. The lowest BCUT2D eigenvalue weighted by Crippen LogP contribution is -1.99. The first kappa shape index (κ1) is 16.9. The van der Waals surface area contributed by atoms with Gasteiger partial charge in [0.2, 0.25) is 5.89 Å². The number of benzene rings is 2. The van der Waals surface area contributed by atoms with Gasteiger partial charge in [0, 0.05) is 7.11 Å². The lowest BCUT2D eigenvalue weighted by Gasteiger charge is -2.10. The van der Waals surface area contributed by atoms with Crippen molar-refractivity contribution in [3.8, 4) is 40.0 Å². The van der Waals surface area contributed by atoms with Crippen LogP contribution in [0, 0.1) is 0 Å². The summed E-state index contributed by atoms with van der Waals surface area (Å²) < 4.78 is 27.3. The molecule has 0 saturated carbocycles. The monoisotopic (exact) mass is 341 g/mol. The highest BCUT2D eigenvalue weighted by Crippen LogP contribution is 2.39. The zero-order valence-corrected chi connectivity index (χ0v) is 14.3. The van der Waals surface area contributed by atoms with E-state index in [0.29, 0.717) is 34.5 Å². The first-order valence-electron chi connectivity index (χ1n) is 7.66. The topological polar surface area (TPSA) is 63.0 Å². The lowest BCUT2D eigenvalue weighted by molar-refractivity contribution is 0.0514. The van der Waals surface area contributed by atoms with E-state index in [1.807, 2.05) is 42.5 Å². The minimum absolute atomic E-state index is 0.154. The Labute approximate surface area is 145 Å². The zero-order chi connectivity index (χ0) is 17.6. The molecule has 25 heavy (non-hydrogen) atoms. The summed E-state index contributed by atoms with van der Waals surface area (Å²) in [4.78, 5) is 4.38. The summed E-state index contributed by atoms with van der Waals surface area (Å²) in [6.45, 7) is 0.154. The van der Waals surface area contributed by atoms with Gasteiger partial charge in [0.05, 0.1) is 31.5 Å². The summed E-state index contributed by atoms with van der Waals surface area (Å²) in [5, 5.41) is 0. The van der Waals surface area contributed by atoms with Gasteiger partial charge in [-0.3, -0.25) is 0 Å². The normalized spacial score (nSPS) is 10.5. The molecule has 0 radical (unpaired) electrons. The maximum Gasteiger partial charge on any atom is 0.230 e. The fourth-order valence-corrected chi connectivity index (χ4v) is 2.50.